The molecule has 0 fully saturated rings. The smallest absolute Gasteiger partial charge is 0.451 e. The van der Waals surface area contributed by atoms with Crippen molar-refractivity contribution < 1.29 is 68.5 Å². The van der Waals surface area contributed by atoms with Crippen LogP contribution < -0.4 is 27.0 Å². The minimum atomic E-state index is -1.73. The lowest BCUT2D eigenvalue weighted by Gasteiger charge is -2.40. The normalized spacial score (nSPS) is 13.9. The Morgan fingerprint density at radius 1 is 0.783 bits per heavy atom. The first-order valence-electron chi connectivity index (χ1n) is 19.4. The molecular formula is C39H59BN6O14. The maximum Gasteiger partial charge on any atom is 0.451 e. The van der Waals surface area contributed by atoms with Gasteiger partial charge in [0.2, 0.25) is 29.5 Å². The van der Waals surface area contributed by atoms with Crippen LogP contribution in [0.3, 0.4) is 0 Å². The van der Waals surface area contributed by atoms with Gasteiger partial charge >= 0.3 is 25.0 Å². The van der Waals surface area contributed by atoms with Gasteiger partial charge in [0, 0.05) is 19.3 Å². The van der Waals surface area contributed by atoms with Crippen LogP contribution in [0.25, 0.3) is 0 Å². The molecule has 0 aliphatic heterocycles. The van der Waals surface area contributed by atoms with Gasteiger partial charge in [-0.1, -0.05) is 65.0 Å². The number of hydrogen-bond donors (Lipinski definition) is 10. The van der Waals surface area contributed by atoms with Gasteiger partial charge in [-0.25, -0.2) is 0 Å². The van der Waals surface area contributed by atoms with E-state index in [-0.39, 0.29) is 31.5 Å². The molecule has 60 heavy (non-hydrogen) atoms. The summed E-state index contributed by atoms with van der Waals surface area (Å²) < 4.78 is 0. The molecule has 0 unspecified atom stereocenters. The van der Waals surface area contributed by atoms with Gasteiger partial charge in [0.15, 0.2) is 0 Å². The molecule has 0 saturated carbocycles. The molecule has 0 aliphatic carbocycles. The summed E-state index contributed by atoms with van der Waals surface area (Å²) in [4.78, 5) is 118. The molecule has 0 aromatic heterocycles. The third kappa shape index (κ3) is 18.9. The summed E-state index contributed by atoms with van der Waals surface area (Å²) >= 11 is 0. The van der Waals surface area contributed by atoms with Crippen molar-refractivity contribution in [3.8, 4) is 0 Å². The molecule has 11 N–H and O–H groups in total. The summed E-state index contributed by atoms with van der Waals surface area (Å²) in [6, 6.07) is -1.35. The number of imide groups is 1. The summed E-state index contributed by atoms with van der Waals surface area (Å²) in [7, 11) is -1.56. The predicted molar refractivity (Wildman–Crippen MR) is 216 cm³/mol. The van der Waals surface area contributed by atoms with E-state index in [1.165, 1.54) is 33.0 Å². The van der Waals surface area contributed by atoms with Crippen molar-refractivity contribution in [3.05, 3.63) is 47.7 Å². The number of nitrogens with two attached hydrogens (primary N) is 1. The Labute approximate surface area is 348 Å². The number of rotatable bonds is 25. The lowest BCUT2D eigenvalue weighted by molar-refractivity contribution is -0.159. The molecule has 0 heterocycles. The molecule has 1 aromatic rings. The minimum absolute atomic E-state index is 0.00453. The Morgan fingerprint density at radius 3 is 1.90 bits per heavy atom. The number of carboxylic acid groups (broad SMARTS) is 3. The van der Waals surface area contributed by atoms with E-state index in [0.29, 0.717) is 16.0 Å². The SMILES string of the molecule is Cc1ccccc1C[C@H](NC(=O)[C@H](CCC(=O)O)NC(=O)[C@@H](N)CC(=O)O)C(=O)N(C(=O)CCC(=O)O)[C@H](C(=O)N[C@@H](CC(C)C)C(=O)NC=CCCB(O)O)C(C)(C)C. The molecule has 1 rings (SSSR count). The molecule has 332 valence electrons. The van der Waals surface area contributed by atoms with Crippen molar-refractivity contribution in [1.82, 2.24) is 26.2 Å². The van der Waals surface area contributed by atoms with E-state index in [4.69, 9.17) is 20.9 Å². The molecule has 0 spiro atoms. The summed E-state index contributed by atoms with van der Waals surface area (Å²) in [5.41, 5.74) is 5.49. The van der Waals surface area contributed by atoms with Crippen LogP contribution in [0.1, 0.15) is 90.7 Å². The third-order valence-corrected chi connectivity index (χ3v) is 8.97. The summed E-state index contributed by atoms with van der Waals surface area (Å²) in [6.07, 6.45) is -0.867. The number of aryl methyl sites for hydroxylation is 1. The zero-order valence-corrected chi connectivity index (χ0v) is 34.8. The zero-order valence-electron chi connectivity index (χ0n) is 34.8. The van der Waals surface area contributed by atoms with E-state index in [1.54, 1.807) is 45.0 Å². The predicted octanol–water partition coefficient (Wildman–Crippen LogP) is -0.168. The fraction of sp³-hybridized carbons (Fsp3) is 0.564. The van der Waals surface area contributed by atoms with Crippen LogP contribution in [0.5, 0.6) is 0 Å². The summed E-state index contributed by atoms with van der Waals surface area (Å²) in [5, 5.41) is 55.9. The van der Waals surface area contributed by atoms with Crippen molar-refractivity contribution in [3.63, 3.8) is 0 Å². The maximum atomic E-state index is 14.9. The van der Waals surface area contributed by atoms with Gasteiger partial charge < -0.3 is 52.4 Å². The van der Waals surface area contributed by atoms with Gasteiger partial charge in [0.05, 0.1) is 18.9 Å². The van der Waals surface area contributed by atoms with Crippen LogP contribution in [-0.2, 0) is 49.6 Å². The highest BCUT2D eigenvalue weighted by atomic mass is 16.4. The number of carbonyl (C=O) groups is 9. The number of nitrogens with zero attached hydrogens (tertiary/aromatic N) is 1. The van der Waals surface area contributed by atoms with Crippen LogP contribution in [0, 0.1) is 18.3 Å². The largest absolute Gasteiger partial charge is 0.481 e. The van der Waals surface area contributed by atoms with Crippen molar-refractivity contribution in [2.45, 2.75) is 129 Å². The van der Waals surface area contributed by atoms with Crippen molar-refractivity contribution >= 4 is 60.5 Å². The van der Waals surface area contributed by atoms with Crippen LogP contribution >= 0.6 is 0 Å². The monoisotopic (exact) mass is 846 g/mol. The Kier molecular flexibility index (Phi) is 21.9. The maximum absolute atomic E-state index is 14.9. The molecule has 21 heteroatoms. The molecule has 0 bridgehead atoms. The molecule has 5 atom stereocenters. The number of benzene rings is 1. The quantitative estimate of drug-likeness (QED) is 0.0572. The second kappa shape index (κ2) is 25.1. The average Bonchev–Trinajstić information content (AvgIpc) is 3.12. The number of amides is 6. The topological polar surface area (TPSA) is 332 Å². The Morgan fingerprint density at radius 2 is 1.37 bits per heavy atom. The Hall–Kier alpha value is -5.67. The highest BCUT2D eigenvalue weighted by Crippen LogP contribution is 2.28. The Bertz CT molecular complexity index is 1730. The number of aliphatic carboxylic acids is 3. The van der Waals surface area contributed by atoms with Crippen molar-refractivity contribution in [1.29, 1.82) is 0 Å². The fourth-order valence-electron chi connectivity index (χ4n) is 5.95. The highest BCUT2D eigenvalue weighted by Gasteiger charge is 2.46. The molecule has 1 aromatic carbocycles. The number of allylic oxidation sites excluding steroid dienone is 1. The second-order valence-electron chi connectivity index (χ2n) is 15.8. The van der Waals surface area contributed by atoms with Gasteiger partial charge in [-0.2, -0.15) is 0 Å². The lowest BCUT2D eigenvalue weighted by Crippen LogP contribution is -2.64. The van der Waals surface area contributed by atoms with Crippen LogP contribution in [0.4, 0.5) is 0 Å². The van der Waals surface area contributed by atoms with E-state index >= 15 is 0 Å². The molecule has 0 aliphatic rings. The summed E-state index contributed by atoms with van der Waals surface area (Å²) in [5.74, 6) is -10.5. The van der Waals surface area contributed by atoms with Gasteiger partial charge in [0.1, 0.15) is 24.2 Å². The standard InChI is InChI=1S/C39H59BN6O14/c1-22(2)19-27(35(55)42-18-10-9-17-40(59)60)44-37(57)33(39(4,5)6)46(29(47)14-16-31(50)51)38(58)28(20-24-12-8-7-11-23(24)3)45-36(56)26(13-15-30(48)49)43-34(54)25(41)21-32(52)53/h7-8,10-12,18,22,25-28,33,59-60H,9,13-17,19-21,41H2,1-6H3,(H,42,55)(H,43,54)(H,44,57)(H,45,56)(H,48,49)(H,50,51)(H,52,53)/t25-,26-,27-,28-,33+/m0/s1. The number of carboxylic acids is 3. The first-order valence-corrected chi connectivity index (χ1v) is 19.4. The molecule has 0 saturated heterocycles. The van der Waals surface area contributed by atoms with Gasteiger partial charge in [0.25, 0.3) is 5.91 Å². The van der Waals surface area contributed by atoms with E-state index in [1.807, 2.05) is 0 Å². The molecule has 20 nitrogen and oxygen atoms in total. The van der Waals surface area contributed by atoms with Gasteiger partial charge in [-0.3, -0.25) is 48.1 Å². The molecule has 0 radical (unpaired) electrons. The van der Waals surface area contributed by atoms with Crippen molar-refractivity contribution in [2.75, 3.05) is 0 Å². The van der Waals surface area contributed by atoms with Crippen molar-refractivity contribution in [2.24, 2.45) is 17.1 Å². The van der Waals surface area contributed by atoms with Crippen LogP contribution in [0.15, 0.2) is 36.5 Å². The highest BCUT2D eigenvalue weighted by molar-refractivity contribution is 6.40. The average molecular weight is 847 g/mol. The third-order valence-electron chi connectivity index (χ3n) is 8.97. The Balaban J connectivity index is 3.88. The summed E-state index contributed by atoms with van der Waals surface area (Å²) in [6.45, 7) is 9.81. The second-order valence-corrected chi connectivity index (χ2v) is 15.8. The molecule has 6 amide bonds. The van der Waals surface area contributed by atoms with Gasteiger partial charge in [-0.15, -0.1) is 0 Å². The van der Waals surface area contributed by atoms with Crippen LogP contribution in [0.2, 0.25) is 6.32 Å². The first kappa shape index (κ1) is 52.4. The number of hydrogen-bond acceptors (Lipinski definition) is 12. The minimum Gasteiger partial charge on any atom is -0.481 e. The zero-order chi connectivity index (χ0) is 45.9. The lowest BCUT2D eigenvalue weighted by atomic mass is 9.83. The van der Waals surface area contributed by atoms with E-state index < -0.39 is 128 Å². The van der Waals surface area contributed by atoms with E-state index in [2.05, 4.69) is 21.3 Å². The van der Waals surface area contributed by atoms with Crippen LogP contribution in [-0.4, -0.2) is 121 Å². The number of carbonyl (C=O) groups excluding carboxylic acids is 6. The van der Waals surface area contributed by atoms with Gasteiger partial charge in [-0.05, 0) is 61.2 Å². The molecular weight excluding hydrogens is 787 g/mol. The number of nitrogens with one attached hydrogen (secondary N) is 4. The van der Waals surface area contributed by atoms with E-state index in [0.717, 1.165) is 0 Å². The first-order chi connectivity index (χ1) is 27.8. The fourth-order valence-corrected chi connectivity index (χ4v) is 5.95. The van der Waals surface area contributed by atoms with E-state index in [9.17, 15) is 53.4 Å².